The lowest BCUT2D eigenvalue weighted by Gasteiger charge is -2.22. The van der Waals surface area contributed by atoms with Gasteiger partial charge < -0.3 is 19.7 Å². The van der Waals surface area contributed by atoms with Gasteiger partial charge in [-0.25, -0.2) is 9.18 Å². The summed E-state index contributed by atoms with van der Waals surface area (Å²) in [6.07, 6.45) is -0.310. The minimum absolute atomic E-state index is 0.0699. The lowest BCUT2D eigenvalue weighted by Crippen LogP contribution is -2.40. The Bertz CT molecular complexity index is 877. The van der Waals surface area contributed by atoms with E-state index in [0.29, 0.717) is 12.3 Å². The number of carbonyl (C=O) groups excluding carboxylic acids is 2. The number of rotatable bonds is 5. The summed E-state index contributed by atoms with van der Waals surface area (Å²) in [6.45, 7) is 5.99. The highest BCUT2D eigenvalue weighted by Gasteiger charge is 2.32. The first-order chi connectivity index (χ1) is 13.7. The van der Waals surface area contributed by atoms with Crippen LogP contribution in [0.15, 0.2) is 48.5 Å². The largest absolute Gasteiger partial charge is 0.489 e. The minimum Gasteiger partial charge on any atom is -0.489 e. The van der Waals surface area contributed by atoms with Crippen LogP contribution in [-0.2, 0) is 16.1 Å². The Morgan fingerprint density at radius 3 is 2.59 bits per heavy atom. The van der Waals surface area contributed by atoms with Crippen LogP contribution in [0, 0.1) is 5.82 Å². The van der Waals surface area contributed by atoms with Crippen molar-refractivity contribution in [2.75, 3.05) is 11.4 Å². The van der Waals surface area contributed by atoms with Gasteiger partial charge >= 0.3 is 6.09 Å². The maximum absolute atomic E-state index is 13.2. The van der Waals surface area contributed by atoms with Gasteiger partial charge in [0.05, 0.1) is 6.04 Å². The van der Waals surface area contributed by atoms with Crippen molar-refractivity contribution < 1.29 is 23.5 Å². The van der Waals surface area contributed by atoms with E-state index in [4.69, 9.17) is 9.47 Å². The quantitative estimate of drug-likeness (QED) is 0.823. The fourth-order valence-electron chi connectivity index (χ4n) is 3.04. The third-order valence-corrected chi connectivity index (χ3v) is 4.29. The monoisotopic (exact) mass is 400 g/mol. The van der Waals surface area contributed by atoms with Gasteiger partial charge in [-0.15, -0.1) is 0 Å². The highest BCUT2D eigenvalue weighted by molar-refractivity contribution is 5.96. The Morgan fingerprint density at radius 2 is 1.93 bits per heavy atom. The average Bonchev–Trinajstić information content (AvgIpc) is 2.99. The third-order valence-electron chi connectivity index (χ3n) is 4.29. The van der Waals surface area contributed by atoms with E-state index in [0.717, 1.165) is 11.3 Å². The second-order valence-corrected chi connectivity index (χ2v) is 7.96. The maximum Gasteiger partial charge on any atom is 0.407 e. The number of nitrogens with one attached hydrogen (secondary N) is 1. The van der Waals surface area contributed by atoms with Gasteiger partial charge in [-0.05, 0) is 62.7 Å². The molecule has 0 spiro atoms. The highest BCUT2D eigenvalue weighted by Crippen LogP contribution is 2.25. The van der Waals surface area contributed by atoms with E-state index in [2.05, 4.69) is 5.32 Å². The Balaban J connectivity index is 1.55. The summed E-state index contributed by atoms with van der Waals surface area (Å²) < 4.78 is 24.1. The number of hydrogen-bond donors (Lipinski definition) is 1. The molecule has 3 rings (SSSR count). The summed E-state index contributed by atoms with van der Waals surface area (Å²) in [4.78, 5) is 25.9. The number of anilines is 1. The first-order valence-corrected chi connectivity index (χ1v) is 9.47. The Morgan fingerprint density at radius 1 is 1.21 bits per heavy atom. The van der Waals surface area contributed by atoms with E-state index in [1.165, 1.54) is 12.1 Å². The van der Waals surface area contributed by atoms with Gasteiger partial charge in [0.2, 0.25) is 5.91 Å². The summed E-state index contributed by atoms with van der Waals surface area (Å²) >= 11 is 0. The van der Waals surface area contributed by atoms with Crippen LogP contribution in [0.5, 0.6) is 5.75 Å². The van der Waals surface area contributed by atoms with Gasteiger partial charge in [-0.1, -0.05) is 12.1 Å². The van der Waals surface area contributed by atoms with Crippen LogP contribution >= 0.6 is 0 Å². The van der Waals surface area contributed by atoms with Crippen LogP contribution in [-0.4, -0.2) is 30.2 Å². The molecule has 2 aromatic rings. The van der Waals surface area contributed by atoms with Crippen molar-refractivity contribution in [1.82, 2.24) is 5.32 Å². The molecule has 2 amide bonds. The van der Waals surface area contributed by atoms with Crippen molar-refractivity contribution >= 4 is 17.7 Å². The Labute approximate surface area is 169 Å². The molecule has 1 aliphatic heterocycles. The van der Waals surface area contributed by atoms with E-state index in [9.17, 15) is 14.0 Å². The molecule has 6 nitrogen and oxygen atoms in total. The second-order valence-electron chi connectivity index (χ2n) is 7.96. The smallest absolute Gasteiger partial charge is 0.407 e. The maximum atomic E-state index is 13.2. The van der Waals surface area contributed by atoms with E-state index < -0.39 is 11.7 Å². The number of halogens is 1. The third kappa shape index (κ3) is 5.94. The number of amides is 2. The topological polar surface area (TPSA) is 67.9 Å². The predicted octanol–water partition coefficient (Wildman–Crippen LogP) is 4.03. The van der Waals surface area contributed by atoms with Gasteiger partial charge in [0.15, 0.2) is 0 Å². The normalized spacial score (nSPS) is 16.6. The van der Waals surface area contributed by atoms with Crippen molar-refractivity contribution in [2.24, 2.45) is 0 Å². The van der Waals surface area contributed by atoms with Crippen molar-refractivity contribution in [1.29, 1.82) is 0 Å². The lowest BCUT2D eigenvalue weighted by molar-refractivity contribution is -0.117. The number of carbonyl (C=O) groups is 2. The molecule has 1 saturated heterocycles. The zero-order chi connectivity index (χ0) is 21.0. The molecule has 7 heteroatoms. The number of ether oxygens (including phenoxy) is 2. The first kappa shape index (κ1) is 20.6. The number of nitrogens with zero attached hydrogens (tertiary/aromatic N) is 1. The molecule has 1 N–H and O–H groups in total. The predicted molar refractivity (Wildman–Crippen MR) is 107 cm³/mol. The van der Waals surface area contributed by atoms with E-state index in [1.54, 1.807) is 62.1 Å². The van der Waals surface area contributed by atoms with Crippen molar-refractivity contribution in [3.8, 4) is 5.75 Å². The molecule has 0 aliphatic carbocycles. The van der Waals surface area contributed by atoms with Gasteiger partial charge in [0.25, 0.3) is 0 Å². The zero-order valence-corrected chi connectivity index (χ0v) is 16.8. The Hall–Kier alpha value is -3.09. The summed E-state index contributed by atoms with van der Waals surface area (Å²) in [5.41, 5.74) is 0.870. The average molecular weight is 400 g/mol. The SMILES string of the molecule is CC(C)(C)OC(=O)N[C@@H]1CC(=O)N(c2ccc(OCc3cccc(F)c3)cc2)C1. The lowest BCUT2D eigenvalue weighted by atomic mass is 10.2. The molecule has 1 atom stereocenters. The highest BCUT2D eigenvalue weighted by atomic mass is 19.1. The van der Waals surface area contributed by atoms with E-state index >= 15 is 0 Å². The Kier molecular flexibility index (Phi) is 6.06. The molecular formula is C22H25FN2O4. The van der Waals surface area contributed by atoms with Crippen molar-refractivity contribution in [3.63, 3.8) is 0 Å². The minimum atomic E-state index is -0.590. The molecule has 0 radical (unpaired) electrons. The van der Waals surface area contributed by atoms with Crippen LogP contribution in [0.2, 0.25) is 0 Å². The summed E-state index contributed by atoms with van der Waals surface area (Å²) in [6, 6.07) is 13.0. The molecule has 1 aliphatic rings. The van der Waals surface area contributed by atoms with E-state index in [1.807, 2.05) is 0 Å². The van der Waals surface area contributed by atoms with Crippen LogP contribution < -0.4 is 15.0 Å². The van der Waals surface area contributed by atoms with Crippen molar-refractivity contribution in [3.05, 3.63) is 59.9 Å². The second kappa shape index (κ2) is 8.51. The number of benzene rings is 2. The molecule has 0 bridgehead atoms. The van der Waals surface area contributed by atoms with Crippen molar-refractivity contribution in [2.45, 2.75) is 45.4 Å². The number of hydrogen-bond acceptors (Lipinski definition) is 4. The molecule has 2 aromatic carbocycles. The van der Waals surface area contributed by atoms with Gasteiger partial charge in [-0.2, -0.15) is 0 Å². The molecule has 0 saturated carbocycles. The fraction of sp³-hybridized carbons (Fsp3) is 0.364. The van der Waals surface area contributed by atoms with Gasteiger partial charge in [-0.3, -0.25) is 4.79 Å². The standard InChI is InChI=1S/C22H25FN2O4/c1-22(2,3)29-21(27)24-17-12-20(26)25(13-17)18-7-9-19(10-8-18)28-14-15-5-4-6-16(23)11-15/h4-11,17H,12-14H2,1-3H3,(H,24,27)/t17-/m1/s1. The van der Waals surface area contributed by atoms with Crippen LogP contribution in [0.4, 0.5) is 14.9 Å². The van der Waals surface area contributed by atoms with Crippen LogP contribution in [0.1, 0.15) is 32.8 Å². The van der Waals surface area contributed by atoms with Crippen LogP contribution in [0.3, 0.4) is 0 Å². The zero-order valence-electron chi connectivity index (χ0n) is 16.8. The first-order valence-electron chi connectivity index (χ1n) is 9.47. The molecule has 1 heterocycles. The molecule has 1 fully saturated rings. The summed E-state index contributed by atoms with van der Waals surface area (Å²) in [5.74, 6) is 0.246. The van der Waals surface area contributed by atoms with Gasteiger partial charge in [0, 0.05) is 18.7 Å². The summed E-state index contributed by atoms with van der Waals surface area (Å²) in [5, 5.41) is 2.74. The molecular weight excluding hydrogens is 375 g/mol. The van der Waals surface area contributed by atoms with E-state index in [-0.39, 0.29) is 30.8 Å². The molecule has 0 aromatic heterocycles. The molecule has 0 unspecified atom stereocenters. The molecule has 154 valence electrons. The van der Waals surface area contributed by atoms with Crippen LogP contribution in [0.25, 0.3) is 0 Å². The van der Waals surface area contributed by atoms with Gasteiger partial charge in [0.1, 0.15) is 23.8 Å². The molecule has 29 heavy (non-hydrogen) atoms. The number of alkyl carbamates (subject to hydrolysis) is 1. The summed E-state index contributed by atoms with van der Waals surface area (Å²) in [7, 11) is 0. The fourth-order valence-corrected chi connectivity index (χ4v) is 3.04.